The molecule has 0 aliphatic heterocycles. The molecule has 0 bridgehead atoms. The van der Waals surface area contributed by atoms with Crippen molar-refractivity contribution in [1.82, 2.24) is 9.88 Å². The van der Waals surface area contributed by atoms with E-state index in [0.717, 1.165) is 0 Å². The van der Waals surface area contributed by atoms with Gasteiger partial charge in [0.15, 0.2) is 5.13 Å². The number of rotatable bonds is 5. The van der Waals surface area contributed by atoms with Crippen LogP contribution in [0, 0.1) is 0 Å². The molecular formula is C11H15N3O4S. The quantitative estimate of drug-likeness (QED) is 0.785. The van der Waals surface area contributed by atoms with Gasteiger partial charge in [-0.25, -0.2) is 4.98 Å². The second kappa shape index (κ2) is 6.83. The number of nitrogens with zero attached hydrogens (tertiary/aromatic N) is 2. The van der Waals surface area contributed by atoms with Crippen LogP contribution < -0.4 is 5.32 Å². The van der Waals surface area contributed by atoms with Gasteiger partial charge in [0.05, 0.1) is 25.8 Å². The van der Waals surface area contributed by atoms with Crippen molar-refractivity contribution in [2.24, 2.45) is 0 Å². The number of amides is 2. The van der Waals surface area contributed by atoms with Crippen LogP contribution >= 0.6 is 11.3 Å². The van der Waals surface area contributed by atoms with E-state index in [2.05, 4.69) is 15.0 Å². The maximum absolute atomic E-state index is 11.6. The first-order valence-corrected chi connectivity index (χ1v) is 6.33. The number of carbonyl (C=O) groups is 3. The molecule has 0 aliphatic carbocycles. The first kappa shape index (κ1) is 15.1. The van der Waals surface area contributed by atoms with Crippen LogP contribution in [0.25, 0.3) is 0 Å². The number of hydrogen-bond donors (Lipinski definition) is 1. The minimum atomic E-state index is -0.389. The fraction of sp³-hybridized carbons (Fsp3) is 0.455. The number of carbonyl (C=O) groups excluding carboxylic acids is 3. The van der Waals surface area contributed by atoms with Gasteiger partial charge in [-0.1, -0.05) is 0 Å². The summed E-state index contributed by atoms with van der Waals surface area (Å²) in [5, 5.41) is 4.62. The molecule has 19 heavy (non-hydrogen) atoms. The molecular weight excluding hydrogens is 270 g/mol. The first-order valence-electron chi connectivity index (χ1n) is 5.45. The van der Waals surface area contributed by atoms with Gasteiger partial charge in [-0.15, -0.1) is 11.3 Å². The number of likely N-dealkylation sites (N-methyl/N-ethyl adjacent to an activating group) is 1. The van der Waals surface area contributed by atoms with Crippen molar-refractivity contribution in [3.8, 4) is 0 Å². The summed E-state index contributed by atoms with van der Waals surface area (Å²) in [5.41, 5.74) is 0.534. The molecule has 0 aliphatic rings. The zero-order valence-corrected chi connectivity index (χ0v) is 11.7. The van der Waals surface area contributed by atoms with Gasteiger partial charge in [0.1, 0.15) is 0 Å². The Morgan fingerprint density at radius 1 is 1.47 bits per heavy atom. The lowest BCUT2D eigenvalue weighted by molar-refractivity contribution is -0.139. The molecule has 0 saturated carbocycles. The Kier molecular flexibility index (Phi) is 5.43. The fourth-order valence-corrected chi connectivity index (χ4v) is 1.88. The molecule has 0 aromatic carbocycles. The summed E-state index contributed by atoms with van der Waals surface area (Å²) in [4.78, 5) is 39.0. The normalized spacial score (nSPS) is 9.84. The van der Waals surface area contributed by atoms with Gasteiger partial charge >= 0.3 is 5.97 Å². The highest BCUT2D eigenvalue weighted by atomic mass is 32.1. The second-order valence-electron chi connectivity index (χ2n) is 3.82. The molecule has 1 heterocycles. The van der Waals surface area contributed by atoms with E-state index in [4.69, 9.17) is 0 Å². The summed E-state index contributed by atoms with van der Waals surface area (Å²) < 4.78 is 4.52. The Balaban J connectivity index is 2.51. The number of esters is 1. The number of aromatic nitrogens is 1. The Bertz CT molecular complexity index is 486. The molecule has 0 fully saturated rings. The van der Waals surface area contributed by atoms with E-state index in [1.54, 1.807) is 5.38 Å². The Labute approximate surface area is 114 Å². The summed E-state index contributed by atoms with van der Waals surface area (Å²) in [7, 11) is 2.83. The van der Waals surface area contributed by atoms with E-state index >= 15 is 0 Å². The summed E-state index contributed by atoms with van der Waals surface area (Å²) in [6.45, 7) is 1.34. The van der Waals surface area contributed by atoms with Crippen molar-refractivity contribution < 1.29 is 19.1 Å². The standard InChI is InChI=1S/C11H15N3O4S/c1-7(15)14(2)5-9(16)13-11-12-8(6-19-11)4-10(17)18-3/h6H,4-5H2,1-3H3,(H,12,13,16). The highest BCUT2D eigenvalue weighted by Gasteiger charge is 2.12. The van der Waals surface area contributed by atoms with Crippen molar-refractivity contribution in [2.45, 2.75) is 13.3 Å². The Morgan fingerprint density at radius 2 is 2.16 bits per heavy atom. The molecule has 0 radical (unpaired) electrons. The molecule has 0 unspecified atom stereocenters. The summed E-state index contributed by atoms with van der Waals surface area (Å²) in [6.07, 6.45) is 0.0657. The maximum Gasteiger partial charge on any atom is 0.311 e. The zero-order valence-electron chi connectivity index (χ0n) is 10.9. The molecule has 1 N–H and O–H groups in total. The predicted octanol–water partition coefficient (Wildman–Crippen LogP) is 0.275. The van der Waals surface area contributed by atoms with E-state index in [1.165, 1.54) is 37.3 Å². The largest absolute Gasteiger partial charge is 0.469 e. The molecule has 7 nitrogen and oxygen atoms in total. The van der Waals surface area contributed by atoms with Gasteiger partial charge < -0.3 is 15.0 Å². The molecule has 0 saturated heterocycles. The van der Waals surface area contributed by atoms with Crippen LogP contribution in [-0.4, -0.2) is 48.4 Å². The highest BCUT2D eigenvalue weighted by Crippen LogP contribution is 2.15. The van der Waals surface area contributed by atoms with Crippen LogP contribution in [0.15, 0.2) is 5.38 Å². The van der Waals surface area contributed by atoms with Gasteiger partial charge in [0.25, 0.3) is 0 Å². The SMILES string of the molecule is COC(=O)Cc1csc(NC(=O)CN(C)C(C)=O)n1. The van der Waals surface area contributed by atoms with Gasteiger partial charge in [0.2, 0.25) is 11.8 Å². The van der Waals surface area contributed by atoms with Crippen molar-refractivity contribution >= 4 is 34.3 Å². The molecule has 1 rings (SSSR count). The summed E-state index contributed by atoms with van der Waals surface area (Å²) in [5.74, 6) is -0.920. The van der Waals surface area contributed by atoms with E-state index in [9.17, 15) is 14.4 Å². The number of nitrogens with one attached hydrogen (secondary N) is 1. The Hall–Kier alpha value is -1.96. The highest BCUT2D eigenvalue weighted by molar-refractivity contribution is 7.13. The molecule has 0 atom stereocenters. The molecule has 1 aromatic heterocycles. The number of ether oxygens (including phenoxy) is 1. The van der Waals surface area contributed by atoms with Crippen LogP contribution in [0.4, 0.5) is 5.13 Å². The van der Waals surface area contributed by atoms with E-state index in [-0.39, 0.29) is 30.7 Å². The Morgan fingerprint density at radius 3 is 2.74 bits per heavy atom. The third kappa shape index (κ3) is 5.04. The van der Waals surface area contributed by atoms with Crippen molar-refractivity contribution in [2.75, 3.05) is 26.0 Å². The first-order chi connectivity index (χ1) is 8.92. The number of hydrogen-bond acceptors (Lipinski definition) is 6. The lowest BCUT2D eigenvalue weighted by Crippen LogP contribution is -2.33. The number of anilines is 1. The smallest absolute Gasteiger partial charge is 0.311 e. The van der Waals surface area contributed by atoms with Gasteiger partial charge in [0, 0.05) is 19.4 Å². The van der Waals surface area contributed by atoms with Crippen LogP contribution in [0.3, 0.4) is 0 Å². The molecule has 8 heteroatoms. The molecule has 2 amide bonds. The lowest BCUT2D eigenvalue weighted by atomic mass is 10.3. The van der Waals surface area contributed by atoms with Crippen molar-refractivity contribution in [3.05, 3.63) is 11.1 Å². The molecule has 104 valence electrons. The fourth-order valence-electron chi connectivity index (χ4n) is 1.15. The van der Waals surface area contributed by atoms with Crippen molar-refractivity contribution in [3.63, 3.8) is 0 Å². The lowest BCUT2D eigenvalue weighted by Gasteiger charge is -2.13. The van der Waals surface area contributed by atoms with Crippen molar-refractivity contribution in [1.29, 1.82) is 0 Å². The minimum Gasteiger partial charge on any atom is -0.469 e. The zero-order chi connectivity index (χ0) is 14.4. The average Bonchev–Trinajstić information content (AvgIpc) is 2.75. The van der Waals surface area contributed by atoms with E-state index in [0.29, 0.717) is 10.8 Å². The number of thiazole rings is 1. The van der Waals surface area contributed by atoms with Crippen LogP contribution in [-0.2, 0) is 25.5 Å². The summed E-state index contributed by atoms with van der Waals surface area (Å²) in [6, 6.07) is 0. The minimum absolute atomic E-state index is 0.0404. The van der Waals surface area contributed by atoms with Gasteiger partial charge in [-0.3, -0.25) is 14.4 Å². The van der Waals surface area contributed by atoms with Gasteiger partial charge in [-0.05, 0) is 0 Å². The van der Waals surface area contributed by atoms with Gasteiger partial charge in [-0.2, -0.15) is 0 Å². The van der Waals surface area contributed by atoms with E-state index < -0.39 is 0 Å². The van der Waals surface area contributed by atoms with Crippen LogP contribution in [0.5, 0.6) is 0 Å². The van der Waals surface area contributed by atoms with Crippen LogP contribution in [0.2, 0.25) is 0 Å². The summed E-state index contributed by atoms with van der Waals surface area (Å²) >= 11 is 1.21. The third-order valence-electron chi connectivity index (χ3n) is 2.27. The number of methoxy groups -OCH3 is 1. The molecule has 0 spiro atoms. The monoisotopic (exact) mass is 285 g/mol. The second-order valence-corrected chi connectivity index (χ2v) is 4.68. The predicted molar refractivity (Wildman–Crippen MR) is 69.8 cm³/mol. The van der Waals surface area contributed by atoms with E-state index in [1.807, 2.05) is 0 Å². The topological polar surface area (TPSA) is 88.6 Å². The third-order valence-corrected chi connectivity index (χ3v) is 3.08. The molecule has 1 aromatic rings. The average molecular weight is 285 g/mol. The van der Waals surface area contributed by atoms with Crippen LogP contribution in [0.1, 0.15) is 12.6 Å². The maximum atomic E-state index is 11.6.